The van der Waals surface area contributed by atoms with Gasteiger partial charge in [-0.15, -0.1) is 12.4 Å². The molecule has 1 aromatic rings. The first-order valence-corrected chi connectivity index (χ1v) is 6.49. The normalized spacial score (nSPS) is 21.5. The van der Waals surface area contributed by atoms with Crippen LogP contribution in [0, 0.1) is 0 Å². The van der Waals surface area contributed by atoms with Crippen molar-refractivity contribution in [2.45, 2.75) is 24.9 Å². The highest BCUT2D eigenvalue weighted by atomic mass is 35.5. The molecule has 0 atom stereocenters. The molecule has 2 aliphatic rings. The quantitative estimate of drug-likeness (QED) is 0.782. The van der Waals surface area contributed by atoms with Crippen LogP contribution in [0.15, 0.2) is 24.3 Å². The van der Waals surface area contributed by atoms with Crippen LogP contribution >= 0.6 is 12.4 Å². The van der Waals surface area contributed by atoms with Gasteiger partial charge < -0.3 is 15.0 Å². The highest BCUT2D eigenvalue weighted by Gasteiger charge is 2.36. The number of anilines is 1. The predicted octanol–water partition coefficient (Wildman–Crippen LogP) is 2.45. The fraction of sp³-hybridized carbons (Fsp3) is 0.571. The fourth-order valence-electron chi connectivity index (χ4n) is 2.87. The number of ether oxygens (including phenoxy) is 1. The van der Waals surface area contributed by atoms with E-state index in [9.17, 15) is 0 Å². The van der Waals surface area contributed by atoms with Crippen LogP contribution in [0.1, 0.15) is 19.3 Å². The van der Waals surface area contributed by atoms with Crippen molar-refractivity contribution in [3.8, 4) is 5.75 Å². The maximum absolute atomic E-state index is 6.37. The summed E-state index contributed by atoms with van der Waals surface area (Å²) in [5, 5.41) is 3.42. The number of nitrogens with one attached hydrogen (secondary N) is 1. The number of hydrogen-bond donors (Lipinski definition) is 1. The molecule has 100 valence electrons. The van der Waals surface area contributed by atoms with Crippen molar-refractivity contribution in [2.24, 2.45) is 0 Å². The van der Waals surface area contributed by atoms with Gasteiger partial charge in [-0.3, -0.25) is 0 Å². The van der Waals surface area contributed by atoms with Gasteiger partial charge in [0.1, 0.15) is 11.4 Å². The molecule has 1 N–H and O–H groups in total. The third kappa shape index (κ3) is 2.43. The smallest absolute Gasteiger partial charge is 0.143 e. The largest absolute Gasteiger partial charge is 0.485 e. The molecular weight excluding hydrogens is 248 g/mol. The van der Waals surface area contributed by atoms with Crippen LogP contribution in [0.3, 0.4) is 0 Å². The van der Waals surface area contributed by atoms with Crippen molar-refractivity contribution in [1.82, 2.24) is 5.32 Å². The Morgan fingerprint density at radius 2 is 1.89 bits per heavy atom. The molecular formula is C14H21ClN2O. The number of nitrogens with zero attached hydrogens (tertiary/aromatic N) is 1. The maximum atomic E-state index is 6.37. The number of halogens is 1. The summed E-state index contributed by atoms with van der Waals surface area (Å²) in [7, 11) is 2.16. The third-order valence-corrected chi connectivity index (χ3v) is 4.02. The average Bonchev–Trinajstić information content (AvgIpc) is 2.50. The van der Waals surface area contributed by atoms with E-state index in [-0.39, 0.29) is 18.0 Å². The van der Waals surface area contributed by atoms with Crippen LogP contribution in [-0.4, -0.2) is 32.3 Å². The molecule has 1 saturated heterocycles. The third-order valence-electron chi connectivity index (χ3n) is 4.02. The predicted molar refractivity (Wildman–Crippen MR) is 77.0 cm³/mol. The molecule has 4 heteroatoms. The molecule has 0 bridgehead atoms. The van der Waals surface area contributed by atoms with Gasteiger partial charge in [0.2, 0.25) is 0 Å². The lowest BCUT2D eigenvalue weighted by atomic mass is 9.88. The van der Waals surface area contributed by atoms with E-state index in [0.29, 0.717) is 0 Å². The number of rotatable bonds is 0. The Balaban J connectivity index is 0.00000120. The summed E-state index contributed by atoms with van der Waals surface area (Å²) < 4.78 is 6.37. The highest BCUT2D eigenvalue weighted by molar-refractivity contribution is 5.85. The van der Waals surface area contributed by atoms with Gasteiger partial charge in [-0.1, -0.05) is 12.1 Å². The zero-order valence-corrected chi connectivity index (χ0v) is 11.6. The minimum absolute atomic E-state index is 0. The first-order chi connectivity index (χ1) is 8.29. The topological polar surface area (TPSA) is 24.5 Å². The SMILES string of the molecule is CN1CCC2(CCNCC2)Oc2ccccc21.Cl. The molecule has 3 rings (SSSR count). The molecule has 18 heavy (non-hydrogen) atoms. The monoisotopic (exact) mass is 268 g/mol. The van der Waals surface area contributed by atoms with Gasteiger partial charge in [0.15, 0.2) is 0 Å². The van der Waals surface area contributed by atoms with E-state index in [2.05, 4.69) is 41.5 Å². The molecule has 0 unspecified atom stereocenters. The summed E-state index contributed by atoms with van der Waals surface area (Å²) >= 11 is 0. The van der Waals surface area contributed by atoms with Gasteiger partial charge in [0.05, 0.1) is 5.69 Å². The van der Waals surface area contributed by atoms with Gasteiger partial charge >= 0.3 is 0 Å². The average molecular weight is 269 g/mol. The first kappa shape index (κ1) is 13.5. The minimum atomic E-state index is 0. The lowest BCUT2D eigenvalue weighted by Crippen LogP contribution is -2.46. The van der Waals surface area contributed by atoms with Crippen LogP contribution < -0.4 is 15.0 Å². The Labute approximate surface area is 115 Å². The molecule has 3 nitrogen and oxygen atoms in total. The van der Waals surface area contributed by atoms with Crippen LogP contribution in [0.25, 0.3) is 0 Å². The van der Waals surface area contributed by atoms with E-state index >= 15 is 0 Å². The van der Waals surface area contributed by atoms with E-state index < -0.39 is 0 Å². The summed E-state index contributed by atoms with van der Waals surface area (Å²) in [5.74, 6) is 1.05. The first-order valence-electron chi connectivity index (χ1n) is 6.49. The minimum Gasteiger partial charge on any atom is -0.485 e. The van der Waals surface area contributed by atoms with Gasteiger partial charge in [-0.2, -0.15) is 0 Å². The maximum Gasteiger partial charge on any atom is 0.143 e. The second-order valence-electron chi connectivity index (χ2n) is 5.17. The summed E-state index contributed by atoms with van der Waals surface area (Å²) in [6, 6.07) is 8.39. The van der Waals surface area contributed by atoms with E-state index in [0.717, 1.165) is 44.6 Å². The number of fused-ring (bicyclic) bond motifs is 1. The number of piperidine rings is 1. The number of hydrogen-bond acceptors (Lipinski definition) is 3. The molecule has 2 aliphatic heterocycles. The van der Waals surface area contributed by atoms with Gasteiger partial charge in [-0.25, -0.2) is 0 Å². The van der Waals surface area contributed by atoms with Crippen LogP contribution in [0.4, 0.5) is 5.69 Å². The second kappa shape index (κ2) is 5.37. The van der Waals surface area contributed by atoms with E-state index in [1.807, 2.05) is 0 Å². The lowest BCUT2D eigenvalue weighted by molar-refractivity contribution is 0.0351. The Morgan fingerprint density at radius 1 is 1.17 bits per heavy atom. The van der Waals surface area contributed by atoms with Crippen LogP contribution in [0.5, 0.6) is 5.75 Å². The van der Waals surface area contributed by atoms with Crippen molar-refractivity contribution in [1.29, 1.82) is 0 Å². The number of para-hydroxylation sites is 2. The molecule has 1 fully saturated rings. The highest BCUT2D eigenvalue weighted by Crippen LogP contribution is 2.38. The van der Waals surface area contributed by atoms with Gasteiger partial charge in [-0.05, 0) is 38.1 Å². The molecule has 0 aliphatic carbocycles. The summed E-state index contributed by atoms with van der Waals surface area (Å²) in [6.45, 7) is 3.23. The standard InChI is InChI=1S/C14H20N2O.ClH/c1-16-11-8-14(6-9-15-10-7-14)17-13-5-3-2-4-12(13)16;/h2-5,15H,6-11H2,1H3;1H. The Bertz CT molecular complexity index is 405. The Hall–Kier alpha value is -0.930. The Kier molecular flexibility index (Phi) is 4.03. The zero-order valence-electron chi connectivity index (χ0n) is 10.8. The lowest BCUT2D eigenvalue weighted by Gasteiger charge is -2.36. The van der Waals surface area contributed by atoms with E-state index in [4.69, 9.17) is 4.74 Å². The van der Waals surface area contributed by atoms with E-state index in [1.54, 1.807) is 0 Å². The van der Waals surface area contributed by atoms with Crippen LogP contribution in [-0.2, 0) is 0 Å². The second-order valence-corrected chi connectivity index (χ2v) is 5.17. The van der Waals surface area contributed by atoms with Crippen molar-refractivity contribution >= 4 is 18.1 Å². The number of benzene rings is 1. The summed E-state index contributed by atoms with van der Waals surface area (Å²) in [5.41, 5.74) is 1.29. The summed E-state index contributed by atoms with van der Waals surface area (Å²) in [4.78, 5) is 2.31. The molecule has 0 radical (unpaired) electrons. The summed E-state index contributed by atoms with van der Waals surface area (Å²) in [6.07, 6.45) is 3.37. The molecule has 0 aromatic heterocycles. The Morgan fingerprint density at radius 3 is 2.67 bits per heavy atom. The van der Waals surface area contributed by atoms with Crippen LogP contribution in [0.2, 0.25) is 0 Å². The molecule has 0 amide bonds. The van der Waals surface area contributed by atoms with Crippen molar-refractivity contribution in [3.63, 3.8) is 0 Å². The van der Waals surface area contributed by atoms with Crippen molar-refractivity contribution in [2.75, 3.05) is 31.6 Å². The zero-order chi connectivity index (χ0) is 11.7. The molecule has 0 saturated carbocycles. The van der Waals surface area contributed by atoms with Crippen molar-refractivity contribution < 1.29 is 4.74 Å². The molecule has 1 spiro atoms. The molecule has 1 aromatic carbocycles. The van der Waals surface area contributed by atoms with E-state index in [1.165, 1.54) is 5.69 Å². The van der Waals surface area contributed by atoms with Crippen molar-refractivity contribution in [3.05, 3.63) is 24.3 Å². The molecule has 2 heterocycles. The fourth-order valence-corrected chi connectivity index (χ4v) is 2.87. The van der Waals surface area contributed by atoms with Gasteiger partial charge in [0.25, 0.3) is 0 Å². The van der Waals surface area contributed by atoms with Gasteiger partial charge in [0, 0.05) is 20.0 Å².